The average molecular weight is 314 g/mol. The van der Waals surface area contributed by atoms with Gasteiger partial charge in [0.05, 0.1) is 11.8 Å². The van der Waals surface area contributed by atoms with Gasteiger partial charge in [-0.2, -0.15) is 5.10 Å². The molecule has 0 saturated carbocycles. The van der Waals surface area contributed by atoms with Gasteiger partial charge in [0.1, 0.15) is 0 Å². The van der Waals surface area contributed by atoms with E-state index < -0.39 is 0 Å². The Morgan fingerprint density at radius 2 is 1.86 bits per heavy atom. The zero-order valence-electron chi connectivity index (χ0n) is 12.1. The highest BCUT2D eigenvalue weighted by Gasteiger charge is 2.21. The van der Waals surface area contributed by atoms with Crippen LogP contribution in [0.4, 0.5) is 5.69 Å². The van der Waals surface area contributed by atoms with Gasteiger partial charge < -0.3 is 10.7 Å². The highest BCUT2D eigenvalue weighted by Crippen LogP contribution is 2.26. The van der Waals surface area contributed by atoms with Crippen molar-refractivity contribution >= 4 is 28.9 Å². The molecule has 2 aromatic carbocycles. The van der Waals surface area contributed by atoms with Crippen LogP contribution in [0.15, 0.2) is 53.6 Å². The largest absolute Gasteiger partial charge is 0.326 e. The number of anilines is 1. The van der Waals surface area contributed by atoms with E-state index in [0.717, 1.165) is 34.0 Å². The fourth-order valence-electron chi connectivity index (χ4n) is 2.46. The molecule has 1 atom stereocenters. The summed E-state index contributed by atoms with van der Waals surface area (Å²) in [6.45, 7) is 1.50. The Kier molecular flexibility index (Phi) is 4.11. The van der Waals surface area contributed by atoms with Gasteiger partial charge in [-0.15, -0.1) is 0 Å². The highest BCUT2D eigenvalue weighted by atomic mass is 35.5. The van der Waals surface area contributed by atoms with Crippen molar-refractivity contribution in [1.82, 2.24) is 5.43 Å². The summed E-state index contributed by atoms with van der Waals surface area (Å²) in [6.07, 6.45) is 0.821. The van der Waals surface area contributed by atoms with Crippen LogP contribution in [0, 0.1) is 0 Å². The van der Waals surface area contributed by atoms with Crippen molar-refractivity contribution < 1.29 is 4.79 Å². The molecule has 0 aliphatic carbocycles. The minimum absolute atomic E-state index is 0.0737. The lowest BCUT2D eigenvalue weighted by atomic mass is 9.99. The van der Waals surface area contributed by atoms with Gasteiger partial charge in [-0.3, -0.25) is 4.79 Å². The smallest absolute Gasteiger partial charge is 0.221 e. The topological polar surface area (TPSA) is 53.5 Å². The summed E-state index contributed by atoms with van der Waals surface area (Å²) in [5.41, 5.74) is 7.18. The number of rotatable bonds is 3. The molecule has 5 heteroatoms. The van der Waals surface area contributed by atoms with E-state index in [9.17, 15) is 4.79 Å². The van der Waals surface area contributed by atoms with Gasteiger partial charge in [-0.25, -0.2) is 0 Å². The number of halogens is 1. The molecule has 2 N–H and O–H groups in total. The molecule has 1 unspecified atom stereocenters. The first-order valence-electron chi connectivity index (χ1n) is 7.07. The molecule has 1 heterocycles. The Morgan fingerprint density at radius 1 is 1.18 bits per heavy atom. The van der Waals surface area contributed by atoms with Crippen molar-refractivity contribution in [3.63, 3.8) is 0 Å². The van der Waals surface area contributed by atoms with Gasteiger partial charge in [-0.05, 0) is 35.4 Å². The SMILES string of the molecule is CC(=O)Nc1ccc(C2=NNC(c3ccc(Cl)cc3)C2)cc1. The summed E-state index contributed by atoms with van der Waals surface area (Å²) in [5.74, 6) is -0.0737. The van der Waals surface area contributed by atoms with Crippen molar-refractivity contribution in [1.29, 1.82) is 0 Å². The second-order valence-corrected chi connectivity index (χ2v) is 5.69. The van der Waals surface area contributed by atoms with Gasteiger partial charge >= 0.3 is 0 Å². The number of nitrogens with one attached hydrogen (secondary N) is 2. The second kappa shape index (κ2) is 6.20. The summed E-state index contributed by atoms with van der Waals surface area (Å²) in [7, 11) is 0. The molecule has 0 radical (unpaired) electrons. The number of amides is 1. The Morgan fingerprint density at radius 3 is 2.50 bits per heavy atom. The molecule has 1 aliphatic rings. The predicted octanol–water partition coefficient (Wildman–Crippen LogP) is 3.74. The summed E-state index contributed by atoms with van der Waals surface area (Å²) < 4.78 is 0. The van der Waals surface area contributed by atoms with Crippen LogP contribution in [-0.2, 0) is 4.79 Å². The van der Waals surface area contributed by atoms with E-state index in [1.165, 1.54) is 6.92 Å². The van der Waals surface area contributed by atoms with Crippen molar-refractivity contribution in [3.8, 4) is 0 Å². The first-order chi connectivity index (χ1) is 10.6. The van der Waals surface area contributed by atoms with Crippen molar-refractivity contribution in [2.45, 2.75) is 19.4 Å². The molecule has 0 aromatic heterocycles. The second-order valence-electron chi connectivity index (χ2n) is 5.25. The van der Waals surface area contributed by atoms with Crippen LogP contribution in [-0.4, -0.2) is 11.6 Å². The monoisotopic (exact) mass is 313 g/mol. The van der Waals surface area contributed by atoms with Crippen LogP contribution in [0.2, 0.25) is 5.02 Å². The average Bonchev–Trinajstić information content (AvgIpc) is 2.98. The zero-order valence-corrected chi connectivity index (χ0v) is 12.9. The maximum atomic E-state index is 11.0. The first kappa shape index (κ1) is 14.6. The Bertz CT molecular complexity index is 708. The van der Waals surface area contributed by atoms with E-state index in [0.29, 0.717) is 0 Å². The number of benzene rings is 2. The third-order valence-corrected chi connectivity index (χ3v) is 3.82. The van der Waals surface area contributed by atoms with E-state index in [-0.39, 0.29) is 11.9 Å². The molecule has 4 nitrogen and oxygen atoms in total. The molecule has 0 saturated heterocycles. The molecular weight excluding hydrogens is 298 g/mol. The van der Waals surface area contributed by atoms with Gasteiger partial charge in [-0.1, -0.05) is 35.9 Å². The van der Waals surface area contributed by atoms with Crippen molar-refractivity contribution in [2.75, 3.05) is 5.32 Å². The van der Waals surface area contributed by atoms with Gasteiger partial charge in [0, 0.05) is 24.1 Å². The van der Waals surface area contributed by atoms with Crippen molar-refractivity contribution in [3.05, 3.63) is 64.7 Å². The molecule has 3 rings (SSSR count). The van der Waals surface area contributed by atoms with Gasteiger partial charge in [0.2, 0.25) is 5.91 Å². The molecular formula is C17H16ClN3O. The van der Waals surface area contributed by atoms with Crippen LogP contribution in [0.5, 0.6) is 0 Å². The highest BCUT2D eigenvalue weighted by molar-refractivity contribution is 6.30. The molecule has 0 fully saturated rings. The van der Waals surface area contributed by atoms with Crippen LogP contribution in [0.1, 0.15) is 30.5 Å². The number of hydrogen-bond acceptors (Lipinski definition) is 3. The number of carbonyl (C=O) groups is 1. The minimum Gasteiger partial charge on any atom is -0.326 e. The fraction of sp³-hybridized carbons (Fsp3) is 0.176. The lowest BCUT2D eigenvalue weighted by Crippen LogP contribution is -2.09. The van der Waals surface area contributed by atoms with E-state index >= 15 is 0 Å². The molecule has 2 aromatic rings. The van der Waals surface area contributed by atoms with E-state index in [2.05, 4.69) is 15.8 Å². The first-order valence-corrected chi connectivity index (χ1v) is 7.45. The third-order valence-electron chi connectivity index (χ3n) is 3.56. The number of carbonyl (C=O) groups excluding carboxylic acids is 1. The lowest BCUT2D eigenvalue weighted by Gasteiger charge is -2.10. The normalized spacial score (nSPS) is 16.8. The maximum absolute atomic E-state index is 11.0. The van der Waals surface area contributed by atoms with E-state index in [1.807, 2.05) is 48.5 Å². The Labute approximate surface area is 134 Å². The van der Waals surface area contributed by atoms with Gasteiger partial charge in [0.15, 0.2) is 0 Å². The summed E-state index contributed by atoms with van der Waals surface area (Å²) in [6, 6.07) is 15.7. The quantitative estimate of drug-likeness (QED) is 0.907. The standard InChI is InChI=1S/C17H16ClN3O/c1-11(22)19-15-8-4-13(5-9-15)17-10-16(20-21-17)12-2-6-14(18)7-3-12/h2-9,16,20H,10H2,1H3,(H,19,22). The number of hydrogen-bond donors (Lipinski definition) is 2. The number of nitrogens with zero attached hydrogens (tertiary/aromatic N) is 1. The van der Waals surface area contributed by atoms with Crippen LogP contribution in [0.25, 0.3) is 0 Å². The Hall–Kier alpha value is -2.33. The molecule has 0 bridgehead atoms. The van der Waals surface area contributed by atoms with Crippen LogP contribution >= 0.6 is 11.6 Å². The molecule has 0 spiro atoms. The van der Waals surface area contributed by atoms with Gasteiger partial charge in [0.25, 0.3) is 0 Å². The van der Waals surface area contributed by atoms with Crippen LogP contribution in [0.3, 0.4) is 0 Å². The van der Waals surface area contributed by atoms with Crippen molar-refractivity contribution in [2.24, 2.45) is 5.10 Å². The van der Waals surface area contributed by atoms with Crippen LogP contribution < -0.4 is 10.7 Å². The van der Waals surface area contributed by atoms with E-state index in [4.69, 9.17) is 11.6 Å². The van der Waals surface area contributed by atoms with E-state index in [1.54, 1.807) is 0 Å². The predicted molar refractivity (Wildman–Crippen MR) is 89.2 cm³/mol. The summed E-state index contributed by atoms with van der Waals surface area (Å²) >= 11 is 5.91. The summed E-state index contributed by atoms with van der Waals surface area (Å²) in [4.78, 5) is 11.0. The third kappa shape index (κ3) is 3.28. The number of hydrazone groups is 1. The zero-order chi connectivity index (χ0) is 15.5. The molecule has 22 heavy (non-hydrogen) atoms. The Balaban J connectivity index is 1.69. The lowest BCUT2D eigenvalue weighted by molar-refractivity contribution is -0.114. The fourth-order valence-corrected chi connectivity index (χ4v) is 2.59. The molecule has 1 aliphatic heterocycles. The molecule has 1 amide bonds. The summed E-state index contributed by atoms with van der Waals surface area (Å²) in [5, 5.41) is 7.91. The minimum atomic E-state index is -0.0737. The molecule has 112 valence electrons. The maximum Gasteiger partial charge on any atom is 0.221 e.